The molecule has 0 bridgehead atoms. The average molecular weight is 1720 g/mol. The van der Waals surface area contributed by atoms with Crippen LogP contribution in [-0.4, -0.2) is 0 Å². The predicted octanol–water partition coefficient (Wildman–Crippen LogP) is 34.9. The van der Waals surface area contributed by atoms with E-state index in [1.54, 1.807) is 0 Å². The van der Waals surface area contributed by atoms with Crippen LogP contribution in [0, 0.1) is 0 Å². The molecule has 24 rings (SSSR count). The highest BCUT2D eigenvalue weighted by Crippen LogP contribution is 2.48. The van der Waals surface area contributed by atoms with Gasteiger partial charge in [-0.3, -0.25) is 0 Å². The highest BCUT2D eigenvalue weighted by Gasteiger charge is 2.22. The second-order valence-corrected chi connectivity index (χ2v) is 34.3. The van der Waals surface area contributed by atoms with E-state index in [2.05, 4.69) is 334 Å². The molecule has 0 unspecified atom stereocenters. The van der Waals surface area contributed by atoms with Crippen molar-refractivity contribution in [3.05, 3.63) is 427 Å². The fourth-order valence-electron chi connectivity index (χ4n) is 16.2. The van der Waals surface area contributed by atoms with Crippen LogP contribution in [0.15, 0.2) is 426 Å². The first-order chi connectivity index (χ1) is 59.6. The summed E-state index contributed by atoms with van der Waals surface area (Å²) < 4.78 is 20.8. The molecule has 0 amide bonds. The van der Waals surface area contributed by atoms with Gasteiger partial charge in [-0.2, -0.15) is 0 Å². The Bertz CT molecular complexity index is 7920. The summed E-state index contributed by atoms with van der Waals surface area (Å²) in [5, 5.41) is 27.8. The molecule has 5 heterocycles. The minimum absolute atomic E-state index is 0.733. The van der Waals surface area contributed by atoms with Gasteiger partial charge in [0, 0.05) is 187 Å². The average Bonchev–Trinajstić information content (AvgIpc) is 1.13. The molecule has 0 saturated heterocycles. The van der Waals surface area contributed by atoms with Crippen molar-refractivity contribution in [1.29, 1.82) is 0 Å². The number of nitrogens with one attached hydrogen (secondary N) is 2. The summed E-state index contributed by atoms with van der Waals surface area (Å²) >= 11 is 21.6. The number of fused-ring (bicyclic) bond motifs is 18. The van der Waals surface area contributed by atoms with Gasteiger partial charge in [0.05, 0.1) is 11.4 Å². The van der Waals surface area contributed by atoms with Crippen LogP contribution in [0.2, 0.25) is 10.0 Å². The first-order valence-electron chi connectivity index (χ1n) is 39.8. The van der Waals surface area contributed by atoms with Gasteiger partial charge in [-0.05, 0) is 187 Å². The zero-order chi connectivity index (χ0) is 81.3. The summed E-state index contributed by atoms with van der Waals surface area (Å²) in [5.74, 6) is 0. The van der Waals surface area contributed by atoms with Crippen molar-refractivity contribution in [3.63, 3.8) is 0 Å². The highest BCUT2D eigenvalue weighted by atomic mass is 79.9. The standard InChI is InChI=1S/C40H26N2OS.C28H18ClNS.C18H13NS.C12H9NO.C10H6BrCl/c1-2-10-27(11-3-1)42(28-19-23-40-34(25-28)33-15-7-9-17-39(33)44-40)36-22-21-35(29-12-4-5-13-30(29)36)41-26-18-20-32-31-14-6-8-16-37(31)43-38(32)24-26;29-25-15-16-26(22-11-5-4-10-21(22)25)30(19-8-2-1-3-9-19)20-14-17-28-24(18-20)23-12-6-7-13-27(23)31-28;1-2-6-13(7-3-1)19-14-10-11-18-16(12-14)15-8-4-5-9-17(15)20-18;13-8-5-6-10-9-3-1-2-4-11(9)14-12(10)7-8;11-9-5-6-10(12)8-4-2-1-3-7(8)9/h1-25,41H;1-18H;1-12,19H;1-7H,13H2;1-6H. The van der Waals surface area contributed by atoms with Crippen LogP contribution in [0.25, 0.3) is 137 Å². The maximum Gasteiger partial charge on any atom is 0.137 e. The monoisotopic (exact) mass is 1720 g/mol. The van der Waals surface area contributed by atoms with Crippen molar-refractivity contribution in [2.24, 2.45) is 0 Å². The van der Waals surface area contributed by atoms with E-state index in [1.165, 1.54) is 65.9 Å². The number of rotatable bonds is 10. The Morgan fingerprint density at radius 3 is 1.13 bits per heavy atom. The number of hydrogen-bond acceptors (Lipinski definition) is 10. The SMILES string of the molecule is Clc1ccc(Br)c2ccccc12.Clc1ccc(N(c2ccccc2)c2ccc3sc4ccccc4c3c2)c2ccccc12.Nc1ccc2c(c1)oc1ccccc12.c1ccc(N(c2ccc3sc4ccccc4c3c2)c2ccc(Nc3ccc4c(c3)oc3ccccc34)c3ccccc23)cc1.c1ccc(Nc2ccc3sc4ccccc4c3c2)cc1. The Hall–Kier alpha value is -13.7. The summed E-state index contributed by atoms with van der Waals surface area (Å²) in [7, 11) is 0. The summed E-state index contributed by atoms with van der Waals surface area (Å²) in [5.41, 5.74) is 21.0. The van der Waals surface area contributed by atoms with Crippen LogP contribution in [0.3, 0.4) is 0 Å². The van der Waals surface area contributed by atoms with E-state index in [-0.39, 0.29) is 0 Å². The molecule has 7 nitrogen and oxygen atoms in total. The van der Waals surface area contributed by atoms with Gasteiger partial charge in [0.1, 0.15) is 22.3 Å². The Kier molecular flexibility index (Phi) is 21.1. The van der Waals surface area contributed by atoms with Crippen LogP contribution < -0.4 is 26.2 Å². The number of hydrogen-bond donors (Lipinski definition) is 3. The fourth-order valence-corrected chi connectivity index (χ4v) is 20.4. The maximum absolute atomic E-state index is 6.54. The lowest BCUT2D eigenvalue weighted by Gasteiger charge is -2.27. The first-order valence-corrected chi connectivity index (χ1v) is 43.8. The van der Waals surface area contributed by atoms with Crippen molar-refractivity contribution < 1.29 is 8.83 Å². The van der Waals surface area contributed by atoms with Crippen molar-refractivity contribution in [3.8, 4) is 0 Å². The summed E-state index contributed by atoms with van der Waals surface area (Å²) in [6.45, 7) is 0. The normalized spacial score (nSPS) is 11.3. The molecule has 24 aromatic rings. The number of benzene rings is 19. The van der Waals surface area contributed by atoms with E-state index in [0.29, 0.717) is 0 Å². The van der Waals surface area contributed by atoms with Crippen LogP contribution >= 0.6 is 73.1 Å². The van der Waals surface area contributed by atoms with Gasteiger partial charge >= 0.3 is 0 Å². The molecule has 4 N–H and O–H groups in total. The van der Waals surface area contributed by atoms with Gasteiger partial charge in [0.15, 0.2) is 0 Å². The third-order valence-electron chi connectivity index (χ3n) is 21.8. The molecule has 0 fully saturated rings. The summed E-state index contributed by atoms with van der Waals surface area (Å²) in [6.07, 6.45) is 0. The molecule has 121 heavy (non-hydrogen) atoms. The van der Waals surface area contributed by atoms with E-state index < -0.39 is 0 Å². The highest BCUT2D eigenvalue weighted by molar-refractivity contribution is 9.10. The molecule has 0 aliphatic rings. The second kappa shape index (κ2) is 33.6. The zero-order valence-corrected chi connectivity index (χ0v) is 70.5. The van der Waals surface area contributed by atoms with E-state index in [1.807, 2.05) is 149 Å². The van der Waals surface area contributed by atoms with Crippen LogP contribution in [0.4, 0.5) is 62.6 Å². The van der Waals surface area contributed by atoms with Crippen molar-refractivity contribution in [1.82, 2.24) is 0 Å². The number of para-hydroxylation sites is 5. The lowest BCUT2D eigenvalue weighted by atomic mass is 10.0. The van der Waals surface area contributed by atoms with Gasteiger partial charge in [-0.1, -0.05) is 258 Å². The minimum atomic E-state index is 0.733. The Balaban J connectivity index is 0.000000105. The molecule has 0 saturated carbocycles. The third kappa shape index (κ3) is 15.4. The van der Waals surface area contributed by atoms with Gasteiger partial charge in [-0.15, -0.1) is 34.0 Å². The van der Waals surface area contributed by atoms with E-state index >= 15 is 0 Å². The van der Waals surface area contributed by atoms with Gasteiger partial charge in [0.25, 0.3) is 0 Å². The molecule has 0 spiro atoms. The maximum atomic E-state index is 6.54. The quantitative estimate of drug-likeness (QED) is 0.118. The van der Waals surface area contributed by atoms with E-state index in [9.17, 15) is 0 Å². The molecule has 0 aliphatic heterocycles. The van der Waals surface area contributed by atoms with Crippen LogP contribution in [0.5, 0.6) is 0 Å². The molecular weight excluding hydrogens is 1650 g/mol. The number of nitrogens with two attached hydrogens (primary N) is 1. The number of nitrogens with zero attached hydrogens (tertiary/aromatic N) is 2. The van der Waals surface area contributed by atoms with E-state index in [4.69, 9.17) is 37.8 Å². The fraction of sp³-hybridized carbons (Fsp3) is 0. The largest absolute Gasteiger partial charge is 0.456 e. The molecular formula is C108H72BrCl2N5O2S3. The lowest BCUT2D eigenvalue weighted by molar-refractivity contribution is 0.668. The topological polar surface area (TPSA) is 82.8 Å². The van der Waals surface area contributed by atoms with E-state index in [0.717, 1.165) is 148 Å². The molecule has 13 heteroatoms. The molecule has 0 radical (unpaired) electrons. The first kappa shape index (κ1) is 76.0. The van der Waals surface area contributed by atoms with Crippen LogP contribution in [0.1, 0.15) is 0 Å². The van der Waals surface area contributed by atoms with Crippen molar-refractivity contribution in [2.75, 3.05) is 26.2 Å². The number of halogens is 3. The molecule has 0 atom stereocenters. The lowest BCUT2D eigenvalue weighted by Crippen LogP contribution is -2.10. The predicted molar refractivity (Wildman–Crippen MR) is 529 cm³/mol. The smallest absolute Gasteiger partial charge is 0.137 e. The number of nitrogen functional groups attached to an aromatic ring is 1. The van der Waals surface area contributed by atoms with Gasteiger partial charge in [0.2, 0.25) is 0 Å². The van der Waals surface area contributed by atoms with Gasteiger partial charge < -0.3 is 35.0 Å². The van der Waals surface area contributed by atoms with Crippen molar-refractivity contribution in [2.45, 2.75) is 0 Å². The number of furan rings is 2. The Labute approximate surface area is 728 Å². The zero-order valence-electron chi connectivity index (χ0n) is 64.9. The van der Waals surface area contributed by atoms with Gasteiger partial charge in [-0.25, -0.2) is 0 Å². The third-order valence-corrected chi connectivity index (χ3v) is 26.6. The minimum Gasteiger partial charge on any atom is -0.456 e. The Morgan fingerprint density at radius 1 is 0.240 bits per heavy atom. The Morgan fingerprint density at radius 2 is 0.603 bits per heavy atom. The van der Waals surface area contributed by atoms with Crippen LogP contribution in [-0.2, 0) is 0 Å². The number of anilines is 11. The molecule has 580 valence electrons. The summed E-state index contributed by atoms with van der Waals surface area (Å²) in [4.78, 5) is 4.70. The summed E-state index contributed by atoms with van der Waals surface area (Å²) in [6, 6.07) is 143. The molecule has 0 aliphatic carbocycles. The molecule has 5 aromatic heterocycles. The second-order valence-electron chi connectivity index (χ2n) is 29.4. The van der Waals surface area contributed by atoms with Crippen molar-refractivity contribution >= 4 is 272 Å². The molecule has 19 aromatic carbocycles. The number of thiophene rings is 3.